The molecule has 2 N–H and O–H groups in total. The van der Waals surface area contributed by atoms with Crippen molar-refractivity contribution in [2.45, 2.75) is 19.3 Å². The Kier molecular flexibility index (Phi) is 3.28. The maximum atomic E-state index is 13.3. The Hall–Kier alpha value is -1.23. The van der Waals surface area contributed by atoms with E-state index in [-0.39, 0.29) is 11.2 Å². The molecule has 1 fully saturated rings. The van der Waals surface area contributed by atoms with E-state index in [0.29, 0.717) is 18.0 Å². The van der Waals surface area contributed by atoms with Crippen LogP contribution in [0.15, 0.2) is 18.2 Å². The summed E-state index contributed by atoms with van der Waals surface area (Å²) in [6.45, 7) is 0.324. The van der Waals surface area contributed by atoms with Crippen LogP contribution in [0.25, 0.3) is 0 Å². The van der Waals surface area contributed by atoms with Gasteiger partial charge in [0.2, 0.25) is 5.82 Å². The predicted octanol–water partition coefficient (Wildman–Crippen LogP) is 2.80. The van der Waals surface area contributed by atoms with E-state index < -0.39 is 11.6 Å². The number of halogens is 2. The average Bonchev–Trinajstić information content (AvgIpc) is 3.00. The van der Waals surface area contributed by atoms with Crippen LogP contribution < -0.4 is 10.5 Å². The second kappa shape index (κ2) is 4.56. The van der Waals surface area contributed by atoms with Crippen LogP contribution in [-0.2, 0) is 0 Å². The van der Waals surface area contributed by atoms with Gasteiger partial charge < -0.3 is 10.5 Å². The summed E-state index contributed by atoms with van der Waals surface area (Å²) in [5, 5.41) is 0. The van der Waals surface area contributed by atoms with Gasteiger partial charge in [0.15, 0.2) is 11.6 Å². The fourth-order valence-corrected chi connectivity index (χ4v) is 2.05. The lowest BCUT2D eigenvalue weighted by Crippen LogP contribution is -2.21. The van der Waals surface area contributed by atoms with Crippen molar-refractivity contribution in [2.75, 3.05) is 6.61 Å². The Morgan fingerprint density at radius 3 is 2.71 bits per heavy atom. The highest BCUT2D eigenvalue weighted by molar-refractivity contribution is 7.80. The Balaban J connectivity index is 1.98. The zero-order valence-corrected chi connectivity index (χ0v) is 10.0. The highest BCUT2D eigenvalue weighted by atomic mass is 32.1. The van der Waals surface area contributed by atoms with Gasteiger partial charge in [0, 0.05) is 11.8 Å². The molecule has 2 rings (SSSR count). The van der Waals surface area contributed by atoms with Gasteiger partial charge in [-0.2, -0.15) is 4.39 Å². The molecular formula is C12H13F2NOS. The van der Waals surface area contributed by atoms with Crippen molar-refractivity contribution in [3.8, 4) is 5.75 Å². The molecular weight excluding hydrogens is 244 g/mol. The van der Waals surface area contributed by atoms with Gasteiger partial charge in [0.25, 0.3) is 0 Å². The first kappa shape index (κ1) is 12.2. The fraction of sp³-hybridized carbons (Fsp3) is 0.417. The first-order chi connectivity index (χ1) is 8.02. The van der Waals surface area contributed by atoms with Gasteiger partial charge in [-0.05, 0) is 25.0 Å². The van der Waals surface area contributed by atoms with E-state index in [1.165, 1.54) is 12.1 Å². The number of hydrogen-bond donors (Lipinski definition) is 1. The fourth-order valence-electron chi connectivity index (χ4n) is 1.74. The zero-order chi connectivity index (χ0) is 12.5. The first-order valence-corrected chi connectivity index (χ1v) is 5.78. The molecule has 1 aromatic carbocycles. The van der Waals surface area contributed by atoms with Gasteiger partial charge in [-0.25, -0.2) is 4.39 Å². The van der Waals surface area contributed by atoms with E-state index >= 15 is 0 Å². The van der Waals surface area contributed by atoms with Crippen molar-refractivity contribution in [3.05, 3.63) is 29.8 Å². The molecule has 17 heavy (non-hydrogen) atoms. The summed E-state index contributed by atoms with van der Waals surface area (Å²) < 4.78 is 31.6. The summed E-state index contributed by atoms with van der Waals surface area (Å²) in [4.78, 5) is 0.436. The maximum Gasteiger partial charge on any atom is 0.200 e. The molecule has 0 amide bonds. The monoisotopic (exact) mass is 257 g/mol. The number of thiocarbonyl (C=S) groups is 1. The summed E-state index contributed by atoms with van der Waals surface area (Å²) in [6.07, 6.45) is 2.52. The summed E-state index contributed by atoms with van der Waals surface area (Å²) in [7, 11) is 0. The number of nitrogens with two attached hydrogens (primary N) is 1. The molecule has 0 heterocycles. The molecule has 1 saturated carbocycles. The largest absolute Gasteiger partial charge is 0.490 e. The molecule has 0 bridgehead atoms. The van der Waals surface area contributed by atoms with Gasteiger partial charge in [-0.1, -0.05) is 18.3 Å². The van der Waals surface area contributed by atoms with E-state index in [0.717, 1.165) is 18.9 Å². The molecule has 0 aromatic heterocycles. The molecule has 5 heteroatoms. The standard InChI is InChI=1S/C12H13F2NOS/c13-8-2-1-3-9(11(8)14)16-7-12(4-5-12)6-10(15)17/h1-3H,4-7H2,(H2,15,17). The van der Waals surface area contributed by atoms with Gasteiger partial charge in [0.05, 0.1) is 11.6 Å². The van der Waals surface area contributed by atoms with Crippen LogP contribution >= 0.6 is 12.2 Å². The number of hydrogen-bond acceptors (Lipinski definition) is 2. The molecule has 1 aromatic rings. The van der Waals surface area contributed by atoms with Crippen LogP contribution in [0.4, 0.5) is 8.78 Å². The quantitative estimate of drug-likeness (QED) is 0.824. The van der Waals surface area contributed by atoms with Crippen LogP contribution in [0.2, 0.25) is 0 Å². The third-order valence-electron chi connectivity index (χ3n) is 2.96. The van der Waals surface area contributed by atoms with E-state index in [4.69, 9.17) is 22.7 Å². The highest BCUT2D eigenvalue weighted by Gasteiger charge is 2.44. The number of benzene rings is 1. The van der Waals surface area contributed by atoms with Crippen LogP contribution in [0, 0.1) is 17.0 Å². The van der Waals surface area contributed by atoms with Gasteiger partial charge in [-0.15, -0.1) is 0 Å². The molecule has 1 aliphatic carbocycles. The van der Waals surface area contributed by atoms with Crippen molar-refractivity contribution in [1.29, 1.82) is 0 Å². The molecule has 0 spiro atoms. The van der Waals surface area contributed by atoms with E-state index in [9.17, 15) is 8.78 Å². The van der Waals surface area contributed by atoms with Crippen molar-refractivity contribution in [3.63, 3.8) is 0 Å². The van der Waals surface area contributed by atoms with Gasteiger partial charge in [-0.3, -0.25) is 0 Å². The van der Waals surface area contributed by atoms with Crippen molar-refractivity contribution in [1.82, 2.24) is 0 Å². The Morgan fingerprint density at radius 2 is 2.12 bits per heavy atom. The predicted molar refractivity (Wildman–Crippen MR) is 64.9 cm³/mol. The van der Waals surface area contributed by atoms with E-state index in [2.05, 4.69) is 0 Å². The maximum absolute atomic E-state index is 13.3. The molecule has 0 radical (unpaired) electrons. The smallest absolute Gasteiger partial charge is 0.200 e. The zero-order valence-electron chi connectivity index (χ0n) is 9.21. The first-order valence-electron chi connectivity index (χ1n) is 5.38. The SMILES string of the molecule is NC(=S)CC1(COc2cccc(F)c2F)CC1. The summed E-state index contributed by atoms with van der Waals surface area (Å²) in [5.74, 6) is -1.90. The van der Waals surface area contributed by atoms with Crippen molar-refractivity contribution >= 4 is 17.2 Å². The number of ether oxygens (including phenoxy) is 1. The average molecular weight is 257 g/mol. The summed E-state index contributed by atoms with van der Waals surface area (Å²) in [5.41, 5.74) is 5.42. The molecule has 0 saturated heterocycles. The molecule has 0 aliphatic heterocycles. The van der Waals surface area contributed by atoms with Gasteiger partial charge in [0.1, 0.15) is 0 Å². The van der Waals surface area contributed by atoms with Crippen LogP contribution in [0.3, 0.4) is 0 Å². The van der Waals surface area contributed by atoms with Crippen LogP contribution in [0.5, 0.6) is 5.75 Å². The Bertz CT molecular complexity index is 446. The van der Waals surface area contributed by atoms with E-state index in [1.54, 1.807) is 0 Å². The lowest BCUT2D eigenvalue weighted by molar-refractivity contribution is 0.227. The number of rotatable bonds is 5. The minimum atomic E-state index is -0.946. The molecule has 0 unspecified atom stereocenters. The Labute approximate surface area is 104 Å². The van der Waals surface area contributed by atoms with Crippen molar-refractivity contribution in [2.24, 2.45) is 11.1 Å². The second-order valence-electron chi connectivity index (χ2n) is 4.48. The molecule has 2 nitrogen and oxygen atoms in total. The van der Waals surface area contributed by atoms with Crippen LogP contribution in [0.1, 0.15) is 19.3 Å². The normalized spacial score (nSPS) is 16.6. The second-order valence-corrected chi connectivity index (χ2v) is 5.01. The lowest BCUT2D eigenvalue weighted by atomic mass is 10.0. The minimum absolute atomic E-state index is 0.0563. The minimum Gasteiger partial charge on any atom is -0.490 e. The lowest BCUT2D eigenvalue weighted by Gasteiger charge is -2.15. The molecule has 0 atom stereocenters. The van der Waals surface area contributed by atoms with E-state index in [1.807, 2.05) is 0 Å². The topological polar surface area (TPSA) is 35.2 Å². The third kappa shape index (κ3) is 2.91. The summed E-state index contributed by atoms with van der Waals surface area (Å²) in [6, 6.07) is 3.89. The summed E-state index contributed by atoms with van der Waals surface area (Å²) >= 11 is 4.85. The molecule has 1 aliphatic rings. The van der Waals surface area contributed by atoms with Crippen LogP contribution in [-0.4, -0.2) is 11.6 Å². The Morgan fingerprint density at radius 1 is 1.41 bits per heavy atom. The third-order valence-corrected chi connectivity index (χ3v) is 3.10. The highest BCUT2D eigenvalue weighted by Crippen LogP contribution is 2.49. The molecule has 92 valence electrons. The van der Waals surface area contributed by atoms with Gasteiger partial charge >= 0.3 is 0 Å². The van der Waals surface area contributed by atoms with Crippen molar-refractivity contribution < 1.29 is 13.5 Å².